The predicted octanol–water partition coefficient (Wildman–Crippen LogP) is 2.30. The number of anilines is 2. The number of hydrogen-bond acceptors (Lipinski definition) is 4. The molecule has 25 heavy (non-hydrogen) atoms. The van der Waals surface area contributed by atoms with Crippen LogP contribution in [0.15, 0.2) is 42.5 Å². The number of para-hydroxylation sites is 1. The van der Waals surface area contributed by atoms with Gasteiger partial charge in [-0.3, -0.25) is 9.10 Å². The maximum absolute atomic E-state index is 13.7. The summed E-state index contributed by atoms with van der Waals surface area (Å²) in [7, 11) is -3.60. The zero-order valence-corrected chi connectivity index (χ0v) is 14.5. The molecular weight excluding hydrogens is 347 g/mol. The van der Waals surface area contributed by atoms with Gasteiger partial charge >= 0.3 is 0 Å². The fourth-order valence-corrected chi connectivity index (χ4v) is 3.49. The standard InChI is InChI=1S/C17H17FN2O4S/c1-11-7-8-15-14(9-11)20(25(2,22)23)10-16(24-15)17(21)19-13-6-4-3-5-12(13)18/h3-9,16H,10H2,1-2H3,(H,19,21)/t16-/m0/s1. The van der Waals surface area contributed by atoms with Crippen LogP contribution in [0.25, 0.3) is 0 Å². The van der Waals surface area contributed by atoms with Gasteiger partial charge in [0, 0.05) is 0 Å². The van der Waals surface area contributed by atoms with Crippen LogP contribution < -0.4 is 14.4 Å². The summed E-state index contributed by atoms with van der Waals surface area (Å²) in [4.78, 5) is 12.4. The zero-order chi connectivity index (χ0) is 18.2. The Hall–Kier alpha value is -2.61. The lowest BCUT2D eigenvalue weighted by molar-refractivity contribution is -0.122. The molecule has 2 aromatic rings. The number of rotatable bonds is 3. The average molecular weight is 364 g/mol. The molecule has 0 fully saturated rings. The number of carbonyl (C=O) groups excluding carboxylic acids is 1. The Morgan fingerprint density at radius 3 is 2.68 bits per heavy atom. The molecule has 3 rings (SSSR count). The number of halogens is 1. The van der Waals surface area contributed by atoms with Gasteiger partial charge in [0.25, 0.3) is 5.91 Å². The van der Waals surface area contributed by atoms with Crippen LogP contribution in [0.3, 0.4) is 0 Å². The summed E-state index contributed by atoms with van der Waals surface area (Å²) >= 11 is 0. The number of hydrogen-bond donors (Lipinski definition) is 1. The highest BCUT2D eigenvalue weighted by molar-refractivity contribution is 7.92. The second kappa shape index (κ2) is 6.36. The minimum atomic E-state index is -3.60. The number of carbonyl (C=O) groups is 1. The normalized spacial score (nSPS) is 16.8. The second-order valence-corrected chi connectivity index (χ2v) is 7.75. The van der Waals surface area contributed by atoms with Crippen LogP contribution in [-0.4, -0.2) is 33.2 Å². The van der Waals surface area contributed by atoms with Gasteiger partial charge in [0.1, 0.15) is 11.6 Å². The summed E-state index contributed by atoms with van der Waals surface area (Å²) in [6.45, 7) is 1.65. The summed E-state index contributed by atoms with van der Waals surface area (Å²) in [6, 6.07) is 10.8. The molecule has 0 radical (unpaired) electrons. The van der Waals surface area contributed by atoms with E-state index < -0.39 is 27.9 Å². The number of sulfonamides is 1. The molecule has 0 saturated carbocycles. The number of ether oxygens (including phenoxy) is 1. The first-order valence-electron chi connectivity index (χ1n) is 7.56. The van der Waals surface area contributed by atoms with Gasteiger partial charge in [-0.2, -0.15) is 0 Å². The van der Waals surface area contributed by atoms with Gasteiger partial charge in [-0.1, -0.05) is 18.2 Å². The predicted molar refractivity (Wildman–Crippen MR) is 92.8 cm³/mol. The highest BCUT2D eigenvalue weighted by Crippen LogP contribution is 2.36. The molecule has 1 atom stereocenters. The van der Waals surface area contributed by atoms with Gasteiger partial charge in [-0.15, -0.1) is 0 Å². The molecule has 1 amide bonds. The van der Waals surface area contributed by atoms with E-state index in [1.54, 1.807) is 24.3 Å². The Morgan fingerprint density at radius 2 is 2.00 bits per heavy atom. The molecule has 0 saturated heterocycles. The lowest BCUT2D eigenvalue weighted by Crippen LogP contribution is -2.48. The molecule has 0 unspecified atom stereocenters. The summed E-state index contributed by atoms with van der Waals surface area (Å²) in [5, 5.41) is 2.43. The van der Waals surface area contributed by atoms with Crippen molar-refractivity contribution in [2.24, 2.45) is 0 Å². The first-order valence-corrected chi connectivity index (χ1v) is 9.41. The third kappa shape index (κ3) is 3.58. The van der Waals surface area contributed by atoms with Crippen molar-refractivity contribution in [3.05, 3.63) is 53.8 Å². The maximum Gasteiger partial charge on any atom is 0.267 e. The van der Waals surface area contributed by atoms with E-state index in [-0.39, 0.29) is 18.0 Å². The van der Waals surface area contributed by atoms with E-state index in [2.05, 4.69) is 5.32 Å². The first kappa shape index (κ1) is 17.2. The monoisotopic (exact) mass is 364 g/mol. The molecule has 1 aliphatic rings. The topological polar surface area (TPSA) is 75.7 Å². The highest BCUT2D eigenvalue weighted by atomic mass is 32.2. The van der Waals surface area contributed by atoms with Crippen molar-refractivity contribution in [3.8, 4) is 5.75 Å². The SMILES string of the molecule is Cc1ccc2c(c1)N(S(C)(=O)=O)C[C@@H](C(=O)Nc1ccccc1F)O2. The van der Waals surface area contributed by atoms with Gasteiger partial charge in [0.05, 0.1) is 24.2 Å². The van der Waals surface area contributed by atoms with Crippen molar-refractivity contribution in [2.75, 3.05) is 22.4 Å². The van der Waals surface area contributed by atoms with Gasteiger partial charge in [0.2, 0.25) is 10.0 Å². The molecule has 1 N–H and O–H groups in total. The van der Waals surface area contributed by atoms with Crippen molar-refractivity contribution in [1.82, 2.24) is 0 Å². The zero-order valence-electron chi connectivity index (χ0n) is 13.7. The van der Waals surface area contributed by atoms with Crippen LogP contribution in [0.5, 0.6) is 5.75 Å². The van der Waals surface area contributed by atoms with Crippen LogP contribution in [-0.2, 0) is 14.8 Å². The van der Waals surface area contributed by atoms with E-state index in [1.165, 1.54) is 18.2 Å². The Bertz CT molecular complexity index is 930. The smallest absolute Gasteiger partial charge is 0.267 e. The first-order chi connectivity index (χ1) is 11.8. The number of nitrogens with one attached hydrogen (secondary N) is 1. The van der Waals surface area contributed by atoms with E-state index in [0.29, 0.717) is 5.69 Å². The lowest BCUT2D eigenvalue weighted by atomic mass is 10.1. The number of nitrogens with zero attached hydrogens (tertiary/aromatic N) is 1. The third-order valence-electron chi connectivity index (χ3n) is 3.81. The second-order valence-electron chi connectivity index (χ2n) is 5.84. The summed E-state index contributed by atoms with van der Waals surface area (Å²) < 4.78 is 44.7. The molecule has 0 spiro atoms. The average Bonchev–Trinajstić information content (AvgIpc) is 2.55. The van der Waals surface area contributed by atoms with Gasteiger partial charge < -0.3 is 10.1 Å². The molecule has 132 valence electrons. The number of amides is 1. The molecule has 1 heterocycles. The Morgan fingerprint density at radius 1 is 1.28 bits per heavy atom. The van der Waals surface area contributed by atoms with Crippen molar-refractivity contribution in [2.45, 2.75) is 13.0 Å². The minimum absolute atomic E-state index is 0.0108. The van der Waals surface area contributed by atoms with Crippen LogP contribution in [0.2, 0.25) is 0 Å². The Balaban J connectivity index is 1.90. The Kier molecular flexibility index (Phi) is 4.38. The van der Waals surface area contributed by atoms with Crippen LogP contribution in [0, 0.1) is 12.7 Å². The molecular formula is C17H17FN2O4S. The number of benzene rings is 2. The molecule has 6 nitrogen and oxygen atoms in total. The van der Waals surface area contributed by atoms with E-state index >= 15 is 0 Å². The van der Waals surface area contributed by atoms with Crippen LogP contribution in [0.1, 0.15) is 5.56 Å². The summed E-state index contributed by atoms with van der Waals surface area (Å²) in [5.41, 5.74) is 1.26. The quantitative estimate of drug-likeness (QED) is 0.907. The fourth-order valence-electron chi connectivity index (χ4n) is 2.59. The van der Waals surface area contributed by atoms with E-state index in [1.807, 2.05) is 6.92 Å². The fraction of sp³-hybridized carbons (Fsp3) is 0.235. The van der Waals surface area contributed by atoms with E-state index in [4.69, 9.17) is 4.74 Å². The van der Waals surface area contributed by atoms with Crippen molar-refractivity contribution < 1.29 is 22.3 Å². The van der Waals surface area contributed by atoms with Gasteiger partial charge in [-0.25, -0.2) is 12.8 Å². The third-order valence-corrected chi connectivity index (χ3v) is 4.95. The molecule has 2 aromatic carbocycles. The number of aryl methyl sites for hydroxylation is 1. The molecule has 1 aliphatic heterocycles. The highest BCUT2D eigenvalue weighted by Gasteiger charge is 2.35. The Labute approximate surface area is 145 Å². The molecule has 8 heteroatoms. The van der Waals surface area contributed by atoms with Crippen molar-refractivity contribution >= 4 is 27.3 Å². The minimum Gasteiger partial charge on any atom is -0.476 e. The molecule has 0 aliphatic carbocycles. The van der Waals surface area contributed by atoms with Crippen molar-refractivity contribution in [3.63, 3.8) is 0 Å². The van der Waals surface area contributed by atoms with E-state index in [0.717, 1.165) is 16.1 Å². The van der Waals surface area contributed by atoms with Crippen LogP contribution in [0.4, 0.5) is 15.8 Å². The van der Waals surface area contributed by atoms with Gasteiger partial charge in [-0.05, 0) is 36.8 Å². The van der Waals surface area contributed by atoms with Gasteiger partial charge in [0.15, 0.2) is 6.10 Å². The summed E-state index contributed by atoms with van der Waals surface area (Å²) in [6.07, 6.45) is -0.0273. The lowest BCUT2D eigenvalue weighted by Gasteiger charge is -2.34. The van der Waals surface area contributed by atoms with Crippen LogP contribution >= 0.6 is 0 Å². The maximum atomic E-state index is 13.7. The summed E-state index contributed by atoms with van der Waals surface area (Å²) in [5.74, 6) is -0.913. The molecule has 0 bridgehead atoms. The largest absolute Gasteiger partial charge is 0.476 e. The van der Waals surface area contributed by atoms with Crippen molar-refractivity contribution in [1.29, 1.82) is 0 Å². The van der Waals surface area contributed by atoms with E-state index in [9.17, 15) is 17.6 Å². The molecule has 0 aromatic heterocycles. The number of fused-ring (bicyclic) bond motifs is 1.